The van der Waals surface area contributed by atoms with E-state index in [0.29, 0.717) is 17.0 Å². The fraction of sp³-hybridized carbons (Fsp3) is 0.278. The first kappa shape index (κ1) is 19.8. The zero-order valence-corrected chi connectivity index (χ0v) is 14.9. The van der Waals surface area contributed by atoms with E-state index in [1.54, 1.807) is 13.8 Å². The van der Waals surface area contributed by atoms with Crippen molar-refractivity contribution in [2.24, 2.45) is 0 Å². The summed E-state index contributed by atoms with van der Waals surface area (Å²) >= 11 is 0. The topological polar surface area (TPSA) is 118 Å². The lowest BCUT2D eigenvalue weighted by atomic mass is 9.90. The summed E-state index contributed by atoms with van der Waals surface area (Å²) in [5, 5.41) is 19.1. The molecule has 0 spiro atoms. The molecule has 0 aliphatic rings. The Morgan fingerprint density at radius 1 is 1.14 bits per heavy atom. The van der Waals surface area contributed by atoms with Gasteiger partial charge in [-0.3, -0.25) is 0 Å². The zero-order chi connectivity index (χ0) is 20.6. The lowest BCUT2D eigenvalue weighted by molar-refractivity contribution is -0.211. The highest BCUT2D eigenvalue weighted by Gasteiger charge is 2.47. The average Bonchev–Trinajstić information content (AvgIpc) is 3.07. The number of aromatic nitrogens is 3. The van der Waals surface area contributed by atoms with Crippen LogP contribution in [0.15, 0.2) is 35.0 Å². The molecule has 10 heteroatoms. The van der Waals surface area contributed by atoms with E-state index in [0.717, 1.165) is 12.1 Å². The van der Waals surface area contributed by atoms with Gasteiger partial charge in [0.2, 0.25) is 12.0 Å². The van der Waals surface area contributed by atoms with Crippen molar-refractivity contribution in [3.8, 4) is 22.7 Å². The van der Waals surface area contributed by atoms with Crippen LogP contribution in [0.5, 0.6) is 0 Å². The summed E-state index contributed by atoms with van der Waals surface area (Å²) in [6.45, 7) is 3.31. The van der Waals surface area contributed by atoms with E-state index in [1.165, 1.54) is 18.5 Å². The Balaban J connectivity index is 2.15. The van der Waals surface area contributed by atoms with Crippen molar-refractivity contribution in [1.82, 2.24) is 15.0 Å². The molecule has 2 heterocycles. The molecule has 28 heavy (non-hydrogen) atoms. The first-order chi connectivity index (χ1) is 13.1. The molecule has 0 saturated carbocycles. The SMILES string of the molecule is Cc1ncc(-c2nc(-c3cc(C(O)(C(F)F)[C@@H](O)F)ccc3C)cnc2N)o1. The van der Waals surface area contributed by atoms with E-state index in [4.69, 9.17) is 15.3 Å². The number of halogens is 3. The number of aliphatic hydroxyl groups excluding tert-OH is 1. The fourth-order valence-corrected chi connectivity index (χ4v) is 2.69. The minimum Gasteiger partial charge on any atom is -0.439 e. The summed E-state index contributed by atoms with van der Waals surface area (Å²) in [5.74, 6) is 0.720. The number of hydrogen-bond acceptors (Lipinski definition) is 7. The van der Waals surface area contributed by atoms with Gasteiger partial charge >= 0.3 is 0 Å². The lowest BCUT2D eigenvalue weighted by Gasteiger charge is -2.28. The summed E-state index contributed by atoms with van der Waals surface area (Å²) < 4.78 is 45.4. The van der Waals surface area contributed by atoms with Crippen LogP contribution in [-0.2, 0) is 5.60 Å². The Bertz CT molecular complexity index is 999. The molecule has 0 aliphatic carbocycles. The van der Waals surface area contributed by atoms with Crippen molar-refractivity contribution in [3.63, 3.8) is 0 Å². The Morgan fingerprint density at radius 3 is 2.43 bits per heavy atom. The molecule has 3 rings (SSSR count). The van der Waals surface area contributed by atoms with Gasteiger partial charge in [-0.2, -0.15) is 0 Å². The average molecular weight is 394 g/mol. The van der Waals surface area contributed by atoms with Crippen LogP contribution in [-0.4, -0.2) is 37.9 Å². The molecule has 0 aliphatic heterocycles. The summed E-state index contributed by atoms with van der Waals surface area (Å²) in [7, 11) is 0. The van der Waals surface area contributed by atoms with Crippen LogP contribution in [0.25, 0.3) is 22.7 Å². The number of aryl methyl sites for hydroxylation is 2. The van der Waals surface area contributed by atoms with Crippen molar-refractivity contribution >= 4 is 5.82 Å². The molecule has 1 unspecified atom stereocenters. The number of alkyl halides is 3. The second-order valence-corrected chi connectivity index (χ2v) is 6.22. The van der Waals surface area contributed by atoms with Gasteiger partial charge in [0.1, 0.15) is 0 Å². The third-order valence-electron chi connectivity index (χ3n) is 4.33. The van der Waals surface area contributed by atoms with Crippen LogP contribution < -0.4 is 5.73 Å². The van der Waals surface area contributed by atoms with Gasteiger partial charge in [0.25, 0.3) is 6.43 Å². The van der Waals surface area contributed by atoms with E-state index < -0.39 is 23.9 Å². The molecule has 1 aromatic carbocycles. The minimum atomic E-state index is -3.56. The molecule has 4 N–H and O–H groups in total. The maximum Gasteiger partial charge on any atom is 0.276 e. The van der Waals surface area contributed by atoms with Crippen molar-refractivity contribution in [3.05, 3.63) is 47.6 Å². The Labute approximate surface area is 157 Å². The molecule has 0 amide bonds. The van der Waals surface area contributed by atoms with Gasteiger partial charge in [-0.05, 0) is 24.1 Å². The Hall–Kier alpha value is -2.98. The number of rotatable bonds is 5. The number of benzene rings is 1. The summed E-state index contributed by atoms with van der Waals surface area (Å²) in [6, 6.07) is 3.63. The van der Waals surface area contributed by atoms with Gasteiger partial charge in [0, 0.05) is 12.5 Å². The molecule has 0 bridgehead atoms. The molecule has 3 aromatic rings. The molecule has 7 nitrogen and oxygen atoms in total. The predicted octanol–water partition coefficient (Wildman–Crippen LogP) is 2.74. The number of hydrogen-bond donors (Lipinski definition) is 3. The first-order valence-electron chi connectivity index (χ1n) is 8.14. The van der Waals surface area contributed by atoms with Gasteiger partial charge in [0.05, 0.1) is 18.1 Å². The normalized spacial score (nSPS) is 14.9. The number of nitrogen functional groups attached to an aromatic ring is 1. The van der Waals surface area contributed by atoms with E-state index in [-0.39, 0.29) is 23.0 Å². The number of anilines is 1. The quantitative estimate of drug-likeness (QED) is 0.609. The molecule has 2 atom stereocenters. The third-order valence-corrected chi connectivity index (χ3v) is 4.33. The van der Waals surface area contributed by atoms with Crippen molar-refractivity contribution in [1.29, 1.82) is 0 Å². The van der Waals surface area contributed by atoms with Gasteiger partial charge in [0.15, 0.2) is 23.2 Å². The van der Waals surface area contributed by atoms with Gasteiger partial charge < -0.3 is 20.4 Å². The van der Waals surface area contributed by atoms with Crippen LogP contribution in [0.3, 0.4) is 0 Å². The number of oxazole rings is 1. The predicted molar refractivity (Wildman–Crippen MR) is 93.9 cm³/mol. The zero-order valence-electron chi connectivity index (χ0n) is 14.9. The van der Waals surface area contributed by atoms with Crippen LogP contribution in [0.2, 0.25) is 0 Å². The fourth-order valence-electron chi connectivity index (χ4n) is 2.69. The van der Waals surface area contributed by atoms with E-state index >= 15 is 0 Å². The van der Waals surface area contributed by atoms with Crippen molar-refractivity contribution in [2.75, 3.05) is 5.73 Å². The van der Waals surface area contributed by atoms with Gasteiger partial charge in [-0.1, -0.05) is 12.1 Å². The second kappa shape index (κ2) is 7.21. The first-order valence-corrected chi connectivity index (χ1v) is 8.14. The summed E-state index contributed by atoms with van der Waals surface area (Å²) in [6.07, 6.45) is -4.03. The maximum atomic E-state index is 13.4. The largest absolute Gasteiger partial charge is 0.439 e. The van der Waals surface area contributed by atoms with Crippen molar-refractivity contribution < 1.29 is 27.8 Å². The molecule has 2 aromatic heterocycles. The van der Waals surface area contributed by atoms with Crippen LogP contribution in [0.4, 0.5) is 19.0 Å². The molecular formula is C18H17F3N4O3. The van der Waals surface area contributed by atoms with E-state index in [1.807, 2.05) is 0 Å². The lowest BCUT2D eigenvalue weighted by Crippen LogP contribution is -2.43. The molecule has 0 fully saturated rings. The highest BCUT2D eigenvalue weighted by Crippen LogP contribution is 2.36. The molecular weight excluding hydrogens is 377 g/mol. The molecule has 148 valence electrons. The summed E-state index contributed by atoms with van der Waals surface area (Å²) in [5.41, 5.74) is 3.26. The number of nitrogens with zero attached hydrogens (tertiary/aromatic N) is 3. The van der Waals surface area contributed by atoms with Crippen molar-refractivity contribution in [2.45, 2.75) is 32.2 Å². The Kier molecular flexibility index (Phi) is 5.09. The monoisotopic (exact) mass is 394 g/mol. The molecule has 0 saturated heterocycles. The van der Waals surface area contributed by atoms with E-state index in [2.05, 4.69) is 15.0 Å². The highest BCUT2D eigenvalue weighted by molar-refractivity contribution is 5.71. The van der Waals surface area contributed by atoms with Gasteiger partial charge in [-0.15, -0.1) is 0 Å². The summed E-state index contributed by atoms with van der Waals surface area (Å²) in [4.78, 5) is 12.4. The standard InChI is InChI=1S/C18H17F3N4O3/c1-8-3-4-10(18(27,16(19)20)17(21)26)5-11(8)12-6-24-15(22)14(25-12)13-7-23-9(2)28-13/h3-7,16-17,26-27H,1-2H3,(H2,22,24)/t17-,18?/m1/s1. The third kappa shape index (κ3) is 3.32. The van der Waals surface area contributed by atoms with Gasteiger partial charge in [-0.25, -0.2) is 28.1 Å². The number of nitrogens with two attached hydrogens (primary N) is 1. The Morgan fingerprint density at radius 2 is 1.86 bits per heavy atom. The smallest absolute Gasteiger partial charge is 0.276 e. The van der Waals surface area contributed by atoms with E-state index in [9.17, 15) is 18.3 Å². The van der Waals surface area contributed by atoms with Crippen LogP contribution in [0, 0.1) is 13.8 Å². The minimum absolute atomic E-state index is 0.0666. The van der Waals surface area contributed by atoms with Crippen LogP contribution >= 0.6 is 0 Å². The second-order valence-electron chi connectivity index (χ2n) is 6.22. The number of aliphatic hydroxyl groups is 2. The highest BCUT2D eigenvalue weighted by atomic mass is 19.3. The molecule has 0 radical (unpaired) electrons. The van der Waals surface area contributed by atoms with Crippen LogP contribution in [0.1, 0.15) is 17.0 Å². The maximum absolute atomic E-state index is 13.4.